The fraction of sp³-hybridized carbons (Fsp3) is 0.366. The fourth-order valence-electron chi connectivity index (χ4n) is 8.06. The predicted molar refractivity (Wildman–Crippen MR) is 193 cm³/mol. The van der Waals surface area contributed by atoms with Crippen molar-refractivity contribution in [2.45, 2.75) is 64.6 Å². The summed E-state index contributed by atoms with van der Waals surface area (Å²) in [6.07, 6.45) is 0.488. The third-order valence-electron chi connectivity index (χ3n) is 10.4. The first-order valence-electron chi connectivity index (χ1n) is 17.1. The number of fused-ring (bicyclic) bond motifs is 7. The molecule has 0 saturated carbocycles. The van der Waals surface area contributed by atoms with Crippen molar-refractivity contribution in [3.8, 4) is 28.7 Å². The average Bonchev–Trinajstić information content (AvgIpc) is 3.14. The Balaban J connectivity index is 0.000000495. The van der Waals surface area contributed by atoms with Gasteiger partial charge in [-0.15, -0.1) is 0 Å². The second kappa shape index (κ2) is 14.7. The molecule has 1 N–H and O–H groups in total. The molecule has 1 fully saturated rings. The Morgan fingerprint density at radius 1 is 0.745 bits per heavy atom. The van der Waals surface area contributed by atoms with Crippen LogP contribution in [0.4, 0.5) is 0 Å². The highest BCUT2D eigenvalue weighted by Crippen LogP contribution is 2.56. The Kier molecular flexibility index (Phi) is 10.3. The molecule has 10 heteroatoms. The van der Waals surface area contributed by atoms with Crippen LogP contribution in [0.1, 0.15) is 68.3 Å². The van der Waals surface area contributed by atoms with Gasteiger partial charge in [-0.05, 0) is 56.5 Å². The summed E-state index contributed by atoms with van der Waals surface area (Å²) in [6.45, 7) is 6.24. The molecule has 0 radical (unpaired) electrons. The number of methoxy groups -OCH3 is 4. The van der Waals surface area contributed by atoms with Crippen molar-refractivity contribution in [2.24, 2.45) is 0 Å². The first kappa shape index (κ1) is 35.8. The summed E-state index contributed by atoms with van der Waals surface area (Å²) < 4.78 is 29.9. The zero-order valence-corrected chi connectivity index (χ0v) is 30.5. The van der Waals surface area contributed by atoms with Gasteiger partial charge in [-0.2, -0.15) is 0 Å². The molecule has 4 atom stereocenters. The van der Waals surface area contributed by atoms with Gasteiger partial charge in [0.2, 0.25) is 5.91 Å². The number of amides is 1. The summed E-state index contributed by atoms with van der Waals surface area (Å²) in [5.74, 6) is 2.28. The molecule has 3 aliphatic rings. The maximum absolute atomic E-state index is 14.8. The molecule has 268 valence electrons. The third-order valence-corrected chi connectivity index (χ3v) is 10.4. The van der Waals surface area contributed by atoms with Crippen LogP contribution in [0, 0.1) is 13.8 Å². The van der Waals surface area contributed by atoms with E-state index in [0.717, 1.165) is 27.8 Å². The zero-order valence-electron chi connectivity index (χ0n) is 30.5. The van der Waals surface area contributed by atoms with Crippen LogP contribution in [0.2, 0.25) is 0 Å². The number of hydrogen-bond donors (Lipinski definition) is 1. The minimum absolute atomic E-state index is 0.0957. The lowest BCUT2D eigenvalue weighted by Gasteiger charge is -2.56. The van der Waals surface area contributed by atoms with E-state index in [1.54, 1.807) is 33.3 Å². The Bertz CT molecular complexity index is 1930. The largest absolute Gasteiger partial charge is 0.496 e. The molecule has 51 heavy (non-hydrogen) atoms. The van der Waals surface area contributed by atoms with Crippen molar-refractivity contribution in [1.29, 1.82) is 0 Å². The van der Waals surface area contributed by atoms with E-state index in [1.165, 1.54) is 0 Å². The van der Waals surface area contributed by atoms with Crippen LogP contribution in [0.15, 0.2) is 66.7 Å². The van der Waals surface area contributed by atoms with Crippen LogP contribution in [-0.2, 0) is 24.4 Å². The zero-order chi connectivity index (χ0) is 36.6. The van der Waals surface area contributed by atoms with Crippen molar-refractivity contribution >= 4 is 11.7 Å². The Morgan fingerprint density at radius 3 is 1.88 bits per heavy atom. The van der Waals surface area contributed by atoms with E-state index in [1.807, 2.05) is 93.4 Å². The molecule has 4 aromatic rings. The standard InChI is InChI=1S/C34H38N2O7.C7H8O/c1-17-14-21-15-22-34(38)36-19(3)23-25(30(40-6)18(2)31(41-7)32(23)42-8)28(37)27(36)26(35(22)4)24(21)33(29(17)39-5)43-16-20-12-10-9-11-13-20;8-6-7-4-2-1-3-5-7/h9-14,19,22,26-27H,15-16H2,1-8H3;1-5,8H,6H2/t19-,22-,26+,27-;/m0./s1. The van der Waals surface area contributed by atoms with Crippen molar-refractivity contribution in [3.05, 3.63) is 111 Å². The number of Topliss-reactive ketones (excluding diaryl/α,β-unsaturated/α-hetero) is 1. The van der Waals surface area contributed by atoms with E-state index in [0.29, 0.717) is 58.5 Å². The van der Waals surface area contributed by atoms with Crippen LogP contribution in [0.25, 0.3) is 0 Å². The van der Waals surface area contributed by atoms with Crippen LogP contribution < -0.4 is 23.7 Å². The number of ether oxygens (including phenoxy) is 5. The van der Waals surface area contributed by atoms with Gasteiger partial charge in [-0.1, -0.05) is 66.7 Å². The Morgan fingerprint density at radius 2 is 1.33 bits per heavy atom. The van der Waals surface area contributed by atoms with Gasteiger partial charge < -0.3 is 33.7 Å². The smallest absolute Gasteiger partial charge is 0.241 e. The van der Waals surface area contributed by atoms with Crippen molar-refractivity contribution < 1.29 is 38.4 Å². The van der Waals surface area contributed by atoms with Crippen molar-refractivity contribution in [1.82, 2.24) is 9.80 Å². The summed E-state index contributed by atoms with van der Waals surface area (Å²) in [6, 6.07) is 19.3. The topological polar surface area (TPSA) is 107 Å². The maximum atomic E-state index is 14.8. The highest BCUT2D eigenvalue weighted by molar-refractivity contribution is 6.10. The number of hydrogen-bond acceptors (Lipinski definition) is 9. The Labute approximate surface area is 299 Å². The number of carbonyl (C=O) groups excluding carboxylic acids is 2. The number of benzene rings is 4. The maximum Gasteiger partial charge on any atom is 0.241 e. The van der Waals surface area contributed by atoms with Crippen molar-refractivity contribution in [2.75, 3.05) is 35.5 Å². The lowest BCUT2D eigenvalue weighted by atomic mass is 9.73. The van der Waals surface area contributed by atoms with E-state index >= 15 is 0 Å². The number of piperazine rings is 1. The van der Waals surface area contributed by atoms with E-state index in [-0.39, 0.29) is 18.3 Å². The minimum atomic E-state index is -0.826. The van der Waals surface area contributed by atoms with E-state index < -0.39 is 24.2 Å². The molecule has 0 aliphatic carbocycles. The number of aryl methyl sites for hydroxylation is 1. The van der Waals surface area contributed by atoms with E-state index in [9.17, 15) is 9.59 Å². The minimum Gasteiger partial charge on any atom is -0.496 e. The molecule has 0 spiro atoms. The molecule has 0 unspecified atom stereocenters. The highest BCUT2D eigenvalue weighted by Gasteiger charge is 2.58. The monoisotopic (exact) mass is 694 g/mol. The first-order valence-corrected chi connectivity index (χ1v) is 17.1. The van der Waals surface area contributed by atoms with Crippen LogP contribution in [0.3, 0.4) is 0 Å². The molecule has 3 heterocycles. The molecule has 4 aromatic carbocycles. The van der Waals surface area contributed by atoms with Gasteiger partial charge in [0.15, 0.2) is 28.8 Å². The second-order valence-corrected chi connectivity index (χ2v) is 13.1. The number of nitrogens with zero attached hydrogens (tertiary/aromatic N) is 2. The lowest BCUT2D eigenvalue weighted by molar-refractivity contribution is -0.153. The normalized spacial score (nSPS) is 20.3. The van der Waals surface area contributed by atoms with E-state index in [2.05, 4.69) is 6.07 Å². The molecular formula is C41H46N2O8. The van der Waals surface area contributed by atoms with Gasteiger partial charge in [0, 0.05) is 16.7 Å². The molecule has 1 amide bonds. The SMILES string of the molecule is COc1c(C)cc2c(c1OCc1ccccc1)[C@@H]1[C@H]3C(=O)c4c(OC)c(C)c(OC)c(OC)c4[C@H](C)N3C(=O)[C@H](C2)N1C.OCc1ccccc1. The van der Waals surface area contributed by atoms with Crippen LogP contribution in [0.5, 0.6) is 28.7 Å². The number of likely N-dealkylation sites (N-methyl/N-ethyl adjacent to an activating group) is 1. The molecule has 3 aliphatic heterocycles. The highest BCUT2D eigenvalue weighted by atomic mass is 16.5. The molecule has 0 aromatic heterocycles. The average molecular weight is 695 g/mol. The van der Waals surface area contributed by atoms with Crippen LogP contribution >= 0.6 is 0 Å². The van der Waals surface area contributed by atoms with Gasteiger partial charge in [-0.25, -0.2) is 0 Å². The Hall–Kier alpha value is -5.06. The van der Waals surface area contributed by atoms with Gasteiger partial charge in [0.1, 0.15) is 18.4 Å². The molecule has 10 nitrogen and oxygen atoms in total. The van der Waals surface area contributed by atoms with Gasteiger partial charge in [-0.3, -0.25) is 14.5 Å². The molecule has 7 rings (SSSR count). The summed E-state index contributed by atoms with van der Waals surface area (Å²) in [5, 5.41) is 8.54. The summed E-state index contributed by atoms with van der Waals surface area (Å²) in [5.41, 5.74) is 6.44. The number of rotatable bonds is 8. The number of carbonyl (C=O) groups is 2. The summed E-state index contributed by atoms with van der Waals surface area (Å²) >= 11 is 0. The third kappa shape index (κ3) is 5.96. The summed E-state index contributed by atoms with van der Waals surface area (Å²) in [7, 11) is 8.21. The molecule has 1 saturated heterocycles. The van der Waals surface area contributed by atoms with Gasteiger partial charge in [0.05, 0.1) is 58.7 Å². The first-order chi connectivity index (χ1) is 24.6. The quantitative estimate of drug-likeness (QED) is 0.232. The molecular weight excluding hydrogens is 648 g/mol. The van der Waals surface area contributed by atoms with Crippen molar-refractivity contribution in [3.63, 3.8) is 0 Å². The number of aliphatic hydroxyl groups is 1. The number of ketones is 1. The summed E-state index contributed by atoms with van der Waals surface area (Å²) in [4.78, 5) is 32.9. The predicted octanol–water partition coefficient (Wildman–Crippen LogP) is 6.16. The van der Waals surface area contributed by atoms with E-state index in [4.69, 9.17) is 28.8 Å². The second-order valence-electron chi connectivity index (χ2n) is 13.1. The van der Waals surface area contributed by atoms with Crippen LogP contribution in [-0.4, -0.2) is 74.2 Å². The fourth-order valence-corrected chi connectivity index (χ4v) is 8.06. The molecule has 2 bridgehead atoms. The lowest BCUT2D eigenvalue weighted by Crippen LogP contribution is -2.68. The van der Waals surface area contributed by atoms with Gasteiger partial charge in [0.25, 0.3) is 0 Å². The van der Waals surface area contributed by atoms with Gasteiger partial charge >= 0.3 is 0 Å². The number of aliphatic hydroxyl groups excluding tert-OH is 1.